The maximum atomic E-state index is 6.52. The van der Waals surface area contributed by atoms with Crippen LogP contribution in [0.15, 0.2) is 30.3 Å². The summed E-state index contributed by atoms with van der Waals surface area (Å²) in [6.07, 6.45) is 1.11. The summed E-state index contributed by atoms with van der Waals surface area (Å²) in [7, 11) is 3.85. The SMILES string of the molecule is CO[C@@H]1CN(C)C[C@](N)(c2ccccc2)C1. The molecule has 3 heteroatoms. The number of rotatable bonds is 2. The zero-order chi connectivity index (χ0) is 11.6. The van der Waals surface area contributed by atoms with Crippen LogP contribution in [0.2, 0.25) is 0 Å². The van der Waals surface area contributed by atoms with Gasteiger partial charge < -0.3 is 15.4 Å². The highest BCUT2D eigenvalue weighted by Crippen LogP contribution is 2.29. The molecule has 0 unspecified atom stereocenters. The van der Waals surface area contributed by atoms with Crippen molar-refractivity contribution in [3.63, 3.8) is 0 Å². The first kappa shape index (κ1) is 11.6. The van der Waals surface area contributed by atoms with Gasteiger partial charge in [-0.3, -0.25) is 0 Å². The zero-order valence-corrected chi connectivity index (χ0v) is 10.0. The quantitative estimate of drug-likeness (QED) is 0.813. The van der Waals surface area contributed by atoms with Crippen LogP contribution < -0.4 is 5.73 Å². The van der Waals surface area contributed by atoms with Crippen molar-refractivity contribution in [1.82, 2.24) is 4.90 Å². The van der Waals surface area contributed by atoms with Crippen molar-refractivity contribution in [2.24, 2.45) is 5.73 Å². The lowest BCUT2D eigenvalue weighted by Crippen LogP contribution is -2.55. The van der Waals surface area contributed by atoms with Gasteiger partial charge in [0, 0.05) is 20.2 Å². The molecule has 2 atom stereocenters. The van der Waals surface area contributed by atoms with Crippen LogP contribution in [0.4, 0.5) is 0 Å². The van der Waals surface area contributed by atoms with E-state index in [4.69, 9.17) is 10.5 Å². The highest BCUT2D eigenvalue weighted by molar-refractivity contribution is 5.25. The third-order valence-electron chi connectivity index (χ3n) is 3.34. The first-order chi connectivity index (χ1) is 7.64. The van der Waals surface area contributed by atoms with E-state index in [0.29, 0.717) is 0 Å². The van der Waals surface area contributed by atoms with Gasteiger partial charge in [0.15, 0.2) is 0 Å². The molecule has 1 saturated heterocycles. The molecule has 1 heterocycles. The second-order valence-electron chi connectivity index (χ2n) is 4.78. The van der Waals surface area contributed by atoms with Gasteiger partial charge in [-0.05, 0) is 19.0 Å². The lowest BCUT2D eigenvalue weighted by atomic mass is 9.82. The van der Waals surface area contributed by atoms with E-state index in [2.05, 4.69) is 24.1 Å². The van der Waals surface area contributed by atoms with Crippen LogP contribution in [0.5, 0.6) is 0 Å². The fourth-order valence-electron chi connectivity index (χ4n) is 2.57. The van der Waals surface area contributed by atoms with Crippen LogP contribution in [0.1, 0.15) is 12.0 Å². The van der Waals surface area contributed by atoms with Gasteiger partial charge in [0.1, 0.15) is 0 Å². The lowest BCUT2D eigenvalue weighted by Gasteiger charge is -2.42. The third-order valence-corrected chi connectivity index (χ3v) is 3.34. The smallest absolute Gasteiger partial charge is 0.0719 e. The summed E-state index contributed by atoms with van der Waals surface area (Å²) in [4.78, 5) is 2.24. The van der Waals surface area contributed by atoms with Crippen LogP contribution in [0.25, 0.3) is 0 Å². The molecule has 3 nitrogen and oxygen atoms in total. The minimum absolute atomic E-state index is 0.226. The molecule has 88 valence electrons. The van der Waals surface area contributed by atoms with Gasteiger partial charge in [-0.15, -0.1) is 0 Å². The van der Waals surface area contributed by atoms with Gasteiger partial charge in [-0.1, -0.05) is 30.3 Å². The Morgan fingerprint density at radius 3 is 2.69 bits per heavy atom. The first-order valence-electron chi connectivity index (χ1n) is 5.70. The summed E-state index contributed by atoms with van der Waals surface area (Å²) in [5.74, 6) is 0. The highest BCUT2D eigenvalue weighted by Gasteiger charge is 2.36. The number of nitrogens with zero attached hydrogens (tertiary/aromatic N) is 1. The first-order valence-corrected chi connectivity index (χ1v) is 5.70. The van der Waals surface area contributed by atoms with Gasteiger partial charge in [-0.25, -0.2) is 0 Å². The van der Waals surface area contributed by atoms with Gasteiger partial charge in [0.25, 0.3) is 0 Å². The second-order valence-corrected chi connectivity index (χ2v) is 4.78. The van der Waals surface area contributed by atoms with E-state index in [9.17, 15) is 0 Å². The Kier molecular flexibility index (Phi) is 3.28. The van der Waals surface area contributed by atoms with E-state index < -0.39 is 0 Å². The van der Waals surface area contributed by atoms with Crippen molar-refractivity contribution in [3.05, 3.63) is 35.9 Å². The summed E-state index contributed by atoms with van der Waals surface area (Å²) in [5.41, 5.74) is 7.43. The van der Waals surface area contributed by atoms with Crippen LogP contribution in [-0.2, 0) is 10.3 Å². The molecule has 16 heavy (non-hydrogen) atoms. The van der Waals surface area contributed by atoms with Gasteiger partial charge in [0.05, 0.1) is 11.6 Å². The number of likely N-dealkylation sites (N-methyl/N-ethyl adjacent to an activating group) is 1. The predicted octanol–water partition coefficient (Wildman–Crippen LogP) is 1.19. The largest absolute Gasteiger partial charge is 0.380 e. The monoisotopic (exact) mass is 220 g/mol. The average Bonchev–Trinajstić information content (AvgIpc) is 2.29. The number of likely N-dealkylation sites (tertiary alicyclic amines) is 1. The summed E-state index contributed by atoms with van der Waals surface area (Å²) in [6, 6.07) is 10.3. The van der Waals surface area contributed by atoms with Crippen molar-refractivity contribution >= 4 is 0 Å². The molecular weight excluding hydrogens is 200 g/mol. The number of nitrogens with two attached hydrogens (primary N) is 1. The van der Waals surface area contributed by atoms with Crippen molar-refractivity contribution in [2.75, 3.05) is 27.2 Å². The number of benzene rings is 1. The molecule has 2 rings (SSSR count). The normalized spacial score (nSPS) is 31.6. The molecule has 2 N–H and O–H groups in total. The summed E-state index contributed by atoms with van der Waals surface area (Å²) in [6.45, 7) is 1.85. The molecule has 0 aromatic heterocycles. The molecule has 0 spiro atoms. The van der Waals surface area contributed by atoms with Crippen molar-refractivity contribution in [1.29, 1.82) is 0 Å². The molecule has 0 saturated carbocycles. The fourth-order valence-corrected chi connectivity index (χ4v) is 2.57. The number of piperidine rings is 1. The Balaban J connectivity index is 2.23. The molecule has 1 aliphatic rings. The molecule has 1 fully saturated rings. The molecule has 0 radical (unpaired) electrons. The number of methoxy groups -OCH3 is 1. The highest BCUT2D eigenvalue weighted by atomic mass is 16.5. The molecule has 0 aliphatic carbocycles. The maximum Gasteiger partial charge on any atom is 0.0719 e. The Morgan fingerprint density at radius 1 is 1.38 bits per heavy atom. The van der Waals surface area contributed by atoms with E-state index in [1.54, 1.807) is 7.11 Å². The van der Waals surface area contributed by atoms with Crippen LogP contribution in [0.3, 0.4) is 0 Å². The van der Waals surface area contributed by atoms with Crippen LogP contribution in [-0.4, -0.2) is 38.3 Å². The Morgan fingerprint density at radius 2 is 2.06 bits per heavy atom. The average molecular weight is 220 g/mol. The zero-order valence-electron chi connectivity index (χ0n) is 10.0. The Labute approximate surface area is 97.2 Å². The minimum atomic E-state index is -0.283. The topological polar surface area (TPSA) is 38.5 Å². The number of hydrogen-bond donors (Lipinski definition) is 1. The predicted molar refractivity (Wildman–Crippen MR) is 65.2 cm³/mol. The van der Waals surface area contributed by atoms with Crippen LogP contribution >= 0.6 is 0 Å². The van der Waals surface area contributed by atoms with Crippen LogP contribution in [0, 0.1) is 0 Å². The molecule has 0 bridgehead atoms. The molecule has 1 aliphatic heterocycles. The van der Waals surface area contributed by atoms with E-state index in [-0.39, 0.29) is 11.6 Å². The Hall–Kier alpha value is -0.900. The van der Waals surface area contributed by atoms with Crippen molar-refractivity contribution in [2.45, 2.75) is 18.1 Å². The number of hydrogen-bond acceptors (Lipinski definition) is 3. The van der Waals surface area contributed by atoms with E-state index in [1.807, 2.05) is 18.2 Å². The van der Waals surface area contributed by atoms with Gasteiger partial charge in [-0.2, -0.15) is 0 Å². The van der Waals surface area contributed by atoms with Crippen molar-refractivity contribution in [3.8, 4) is 0 Å². The fraction of sp³-hybridized carbons (Fsp3) is 0.538. The lowest BCUT2D eigenvalue weighted by molar-refractivity contribution is 0.00579. The van der Waals surface area contributed by atoms with Gasteiger partial charge in [0.2, 0.25) is 0 Å². The summed E-state index contributed by atoms with van der Waals surface area (Å²) >= 11 is 0. The van der Waals surface area contributed by atoms with Gasteiger partial charge >= 0.3 is 0 Å². The van der Waals surface area contributed by atoms with E-state index >= 15 is 0 Å². The van der Waals surface area contributed by atoms with E-state index in [1.165, 1.54) is 5.56 Å². The summed E-state index contributed by atoms with van der Waals surface area (Å²) in [5, 5.41) is 0. The standard InChI is InChI=1S/C13H20N2O/c1-15-9-12(16-2)8-13(14,10-15)11-6-4-3-5-7-11/h3-7,12H,8-10,14H2,1-2H3/t12-,13-/m0/s1. The van der Waals surface area contributed by atoms with Crippen molar-refractivity contribution < 1.29 is 4.74 Å². The molecule has 1 aromatic carbocycles. The third kappa shape index (κ3) is 2.26. The molecule has 1 aromatic rings. The molecule has 0 amide bonds. The molecular formula is C13H20N2O. The van der Waals surface area contributed by atoms with E-state index in [0.717, 1.165) is 19.5 Å². The maximum absolute atomic E-state index is 6.52. The second kappa shape index (κ2) is 4.53. The number of ether oxygens (including phenoxy) is 1. The Bertz CT molecular complexity index is 341. The minimum Gasteiger partial charge on any atom is -0.380 e. The summed E-state index contributed by atoms with van der Waals surface area (Å²) < 4.78 is 5.46.